The average Bonchev–Trinajstić information content (AvgIpc) is 1.61. The van der Waals surface area contributed by atoms with Crippen molar-refractivity contribution >= 4 is 12.6 Å². The summed E-state index contributed by atoms with van der Waals surface area (Å²) in [5.41, 5.74) is 5.06. The summed E-state index contributed by atoms with van der Waals surface area (Å²) in [7, 11) is 0. The summed E-state index contributed by atoms with van der Waals surface area (Å²) in [5.74, 6) is 0.938. The van der Waals surface area contributed by atoms with Gasteiger partial charge in [0.05, 0.1) is 0 Å². The third-order valence-corrected chi connectivity index (χ3v) is 0.845. The molecule has 0 unspecified atom stereocenters. The van der Waals surface area contributed by atoms with Crippen molar-refractivity contribution in [2.75, 3.05) is 5.75 Å². The number of hydrogen-bond donors (Lipinski definition) is 2. The topological polar surface area (TPSA) is 26.0 Å². The lowest BCUT2D eigenvalue weighted by molar-refractivity contribution is 0.900. The van der Waals surface area contributed by atoms with Gasteiger partial charge in [-0.25, -0.2) is 0 Å². The standard InChI is InChI=1S/C4H10NS/c5-3-1-2-4-6/h3,6H,1-2,4-5H2. The van der Waals surface area contributed by atoms with E-state index in [4.69, 9.17) is 5.73 Å². The molecule has 0 amide bonds. The molecule has 0 saturated carbocycles. The molecule has 0 spiro atoms. The highest BCUT2D eigenvalue weighted by molar-refractivity contribution is 7.80. The number of rotatable bonds is 3. The van der Waals surface area contributed by atoms with E-state index in [1.54, 1.807) is 6.54 Å². The maximum absolute atomic E-state index is 5.06. The minimum absolute atomic E-state index is 0.938. The Hall–Kier alpha value is 0.310. The van der Waals surface area contributed by atoms with Crippen LogP contribution in [0.1, 0.15) is 12.8 Å². The molecule has 0 saturated heterocycles. The van der Waals surface area contributed by atoms with Crippen molar-refractivity contribution in [3.63, 3.8) is 0 Å². The average molecular weight is 104 g/mol. The summed E-state index contributed by atoms with van der Waals surface area (Å²) in [5, 5.41) is 0. The van der Waals surface area contributed by atoms with Crippen LogP contribution in [0.25, 0.3) is 0 Å². The van der Waals surface area contributed by atoms with E-state index < -0.39 is 0 Å². The Morgan fingerprint density at radius 3 is 2.50 bits per heavy atom. The second-order valence-corrected chi connectivity index (χ2v) is 1.55. The predicted octanol–water partition coefficient (Wildman–Crippen LogP) is 0.817. The molecule has 6 heavy (non-hydrogen) atoms. The molecule has 0 aliphatic rings. The van der Waals surface area contributed by atoms with Crippen molar-refractivity contribution in [1.82, 2.24) is 0 Å². The molecule has 0 rings (SSSR count). The molecule has 0 bridgehead atoms. The summed E-state index contributed by atoms with van der Waals surface area (Å²) in [4.78, 5) is 0. The van der Waals surface area contributed by atoms with E-state index in [1.807, 2.05) is 0 Å². The molecule has 0 aromatic rings. The normalized spacial score (nSPS) is 9.00. The van der Waals surface area contributed by atoms with Gasteiger partial charge in [-0.15, -0.1) is 0 Å². The summed E-state index contributed by atoms with van der Waals surface area (Å²) < 4.78 is 0. The van der Waals surface area contributed by atoms with Crippen LogP contribution < -0.4 is 5.73 Å². The maximum atomic E-state index is 5.06. The number of nitrogens with two attached hydrogens (primary N) is 1. The fourth-order valence-corrected chi connectivity index (χ4v) is 0.392. The predicted molar refractivity (Wildman–Crippen MR) is 31.6 cm³/mol. The van der Waals surface area contributed by atoms with Gasteiger partial charge in [0.2, 0.25) is 0 Å². The summed E-state index contributed by atoms with van der Waals surface area (Å²) in [6.07, 6.45) is 2.09. The maximum Gasteiger partial charge on any atom is 0.0192 e. The van der Waals surface area contributed by atoms with E-state index in [9.17, 15) is 0 Å². The van der Waals surface area contributed by atoms with Crippen molar-refractivity contribution in [2.45, 2.75) is 12.8 Å². The second kappa shape index (κ2) is 5.31. The quantitative estimate of drug-likeness (QED) is 0.402. The zero-order valence-electron chi connectivity index (χ0n) is 3.72. The van der Waals surface area contributed by atoms with Gasteiger partial charge in [-0.2, -0.15) is 12.6 Å². The van der Waals surface area contributed by atoms with Gasteiger partial charge in [0.1, 0.15) is 0 Å². The first-order chi connectivity index (χ1) is 2.91. The van der Waals surface area contributed by atoms with Crippen LogP contribution >= 0.6 is 12.6 Å². The number of hydrogen-bond acceptors (Lipinski definition) is 2. The molecule has 2 heteroatoms. The zero-order valence-corrected chi connectivity index (χ0v) is 4.62. The van der Waals surface area contributed by atoms with Crippen LogP contribution in [0.4, 0.5) is 0 Å². The fraction of sp³-hybridized carbons (Fsp3) is 0.750. The van der Waals surface area contributed by atoms with E-state index in [0.717, 1.165) is 18.6 Å². The number of thiol groups is 1. The Kier molecular flexibility index (Phi) is 5.58. The first-order valence-electron chi connectivity index (χ1n) is 2.06. The summed E-state index contributed by atoms with van der Waals surface area (Å²) >= 11 is 3.98. The lowest BCUT2D eigenvalue weighted by Crippen LogP contribution is -1.88. The van der Waals surface area contributed by atoms with Crippen LogP contribution in [-0.4, -0.2) is 5.75 Å². The minimum Gasteiger partial charge on any atom is -0.326 e. The molecule has 1 nitrogen and oxygen atoms in total. The van der Waals surface area contributed by atoms with Crippen molar-refractivity contribution in [3.05, 3.63) is 6.54 Å². The molecule has 0 aromatic carbocycles. The Bertz CT molecular complexity index is 19.5. The van der Waals surface area contributed by atoms with Crippen LogP contribution in [-0.2, 0) is 0 Å². The van der Waals surface area contributed by atoms with Crippen LogP contribution in [0.3, 0.4) is 0 Å². The highest BCUT2D eigenvalue weighted by Crippen LogP contribution is 1.88. The van der Waals surface area contributed by atoms with Gasteiger partial charge in [-0.3, -0.25) is 0 Å². The SMILES string of the molecule is N[CH]CCCS. The summed E-state index contributed by atoms with van der Waals surface area (Å²) in [6, 6.07) is 0. The van der Waals surface area contributed by atoms with E-state index in [1.165, 1.54) is 0 Å². The molecule has 0 aromatic heterocycles. The monoisotopic (exact) mass is 104 g/mol. The fourth-order valence-electron chi connectivity index (χ4n) is 0.209. The molecule has 37 valence electrons. The Morgan fingerprint density at radius 1 is 1.67 bits per heavy atom. The van der Waals surface area contributed by atoms with Crippen LogP contribution in [0.2, 0.25) is 0 Å². The third kappa shape index (κ3) is 4.31. The molecular formula is C4H10NS. The Labute approximate surface area is 44.3 Å². The van der Waals surface area contributed by atoms with E-state index in [2.05, 4.69) is 12.6 Å². The van der Waals surface area contributed by atoms with E-state index in [0.29, 0.717) is 0 Å². The smallest absolute Gasteiger partial charge is 0.0192 e. The molecule has 0 atom stereocenters. The zero-order chi connectivity index (χ0) is 4.83. The second-order valence-electron chi connectivity index (χ2n) is 1.10. The Morgan fingerprint density at radius 2 is 2.33 bits per heavy atom. The first-order valence-corrected chi connectivity index (χ1v) is 2.69. The van der Waals surface area contributed by atoms with Gasteiger partial charge in [0.25, 0.3) is 0 Å². The lowest BCUT2D eigenvalue weighted by Gasteiger charge is -1.85. The van der Waals surface area contributed by atoms with Gasteiger partial charge >= 0.3 is 0 Å². The first kappa shape index (κ1) is 6.31. The van der Waals surface area contributed by atoms with Crippen molar-refractivity contribution in [3.8, 4) is 0 Å². The van der Waals surface area contributed by atoms with Gasteiger partial charge in [-0.1, -0.05) is 0 Å². The van der Waals surface area contributed by atoms with E-state index >= 15 is 0 Å². The van der Waals surface area contributed by atoms with Crippen LogP contribution in [0, 0.1) is 6.54 Å². The molecule has 0 aliphatic heterocycles. The summed E-state index contributed by atoms with van der Waals surface area (Å²) in [6.45, 7) is 1.66. The lowest BCUT2D eigenvalue weighted by atomic mass is 10.3. The van der Waals surface area contributed by atoms with Crippen molar-refractivity contribution in [2.24, 2.45) is 5.73 Å². The molecule has 0 fully saturated rings. The number of unbranched alkanes of at least 4 members (excludes halogenated alkanes) is 1. The molecular weight excluding hydrogens is 94.1 g/mol. The molecule has 2 N–H and O–H groups in total. The third-order valence-electron chi connectivity index (χ3n) is 0.529. The molecule has 0 heterocycles. The van der Waals surface area contributed by atoms with Gasteiger partial charge < -0.3 is 5.73 Å². The van der Waals surface area contributed by atoms with E-state index in [-0.39, 0.29) is 0 Å². The van der Waals surface area contributed by atoms with Crippen molar-refractivity contribution in [1.29, 1.82) is 0 Å². The largest absolute Gasteiger partial charge is 0.326 e. The molecule has 0 aliphatic carbocycles. The minimum atomic E-state index is 0.938. The van der Waals surface area contributed by atoms with Gasteiger partial charge in [0, 0.05) is 6.54 Å². The van der Waals surface area contributed by atoms with Crippen LogP contribution in [0.15, 0.2) is 0 Å². The Balaban J connectivity index is 2.34. The highest BCUT2D eigenvalue weighted by Gasteiger charge is 1.76. The highest BCUT2D eigenvalue weighted by atomic mass is 32.1. The molecule has 1 radical (unpaired) electrons. The van der Waals surface area contributed by atoms with Gasteiger partial charge in [0.15, 0.2) is 0 Å². The van der Waals surface area contributed by atoms with Gasteiger partial charge in [-0.05, 0) is 18.6 Å². The van der Waals surface area contributed by atoms with Crippen molar-refractivity contribution < 1.29 is 0 Å². The van der Waals surface area contributed by atoms with Crippen LogP contribution in [0.5, 0.6) is 0 Å².